The second-order valence-corrected chi connectivity index (χ2v) is 5.59. The zero-order valence-corrected chi connectivity index (χ0v) is 12.8. The zero-order valence-electron chi connectivity index (χ0n) is 12.8. The molecule has 2 rings (SSSR count). The van der Waals surface area contributed by atoms with Crippen molar-refractivity contribution in [1.29, 1.82) is 0 Å². The summed E-state index contributed by atoms with van der Waals surface area (Å²) in [5, 5.41) is 6.74. The molecule has 2 N–H and O–H groups in total. The minimum absolute atomic E-state index is 0.451. The lowest BCUT2D eigenvalue weighted by molar-refractivity contribution is 0.144. The van der Waals surface area contributed by atoms with Crippen molar-refractivity contribution in [3.8, 4) is 5.75 Å². The van der Waals surface area contributed by atoms with Gasteiger partial charge in [-0.15, -0.1) is 0 Å². The average molecular weight is 278 g/mol. The summed E-state index contributed by atoms with van der Waals surface area (Å²) in [5.74, 6) is 2.28. The van der Waals surface area contributed by atoms with Crippen LogP contribution in [-0.4, -0.2) is 30.2 Å². The third-order valence-electron chi connectivity index (χ3n) is 4.35. The third kappa shape index (κ3) is 3.14. The second-order valence-electron chi connectivity index (χ2n) is 5.59. The number of aromatic nitrogens is 2. The summed E-state index contributed by atoms with van der Waals surface area (Å²) < 4.78 is 5.47. The number of hydrogen-bond acceptors (Lipinski definition) is 5. The lowest BCUT2D eigenvalue weighted by Crippen LogP contribution is -2.36. The van der Waals surface area contributed by atoms with Gasteiger partial charge in [0.05, 0.1) is 7.11 Å². The second kappa shape index (κ2) is 6.77. The van der Waals surface area contributed by atoms with Gasteiger partial charge in [0.25, 0.3) is 0 Å². The Kier molecular flexibility index (Phi) is 5.04. The minimum atomic E-state index is 0.451. The summed E-state index contributed by atoms with van der Waals surface area (Å²) in [5.41, 5.74) is 0.451. The van der Waals surface area contributed by atoms with Crippen molar-refractivity contribution >= 4 is 11.6 Å². The first-order chi connectivity index (χ1) is 9.74. The van der Waals surface area contributed by atoms with Crippen LogP contribution in [0.2, 0.25) is 0 Å². The number of nitrogens with zero attached hydrogens (tertiary/aromatic N) is 2. The van der Waals surface area contributed by atoms with Crippen molar-refractivity contribution in [2.45, 2.75) is 46.0 Å². The highest BCUT2D eigenvalue weighted by atomic mass is 16.5. The van der Waals surface area contributed by atoms with Gasteiger partial charge in [0.15, 0.2) is 11.6 Å². The molecule has 0 radical (unpaired) electrons. The summed E-state index contributed by atoms with van der Waals surface area (Å²) >= 11 is 0. The molecule has 1 heterocycles. The van der Waals surface area contributed by atoms with Gasteiger partial charge in [-0.3, -0.25) is 0 Å². The smallest absolute Gasteiger partial charge is 0.204 e. The highest BCUT2D eigenvalue weighted by molar-refractivity contribution is 5.63. The van der Waals surface area contributed by atoms with Crippen LogP contribution in [0.3, 0.4) is 0 Å². The van der Waals surface area contributed by atoms with Crippen LogP contribution in [0.15, 0.2) is 6.33 Å². The van der Waals surface area contributed by atoms with Crippen LogP contribution < -0.4 is 15.4 Å². The van der Waals surface area contributed by atoms with Gasteiger partial charge in [0, 0.05) is 13.1 Å². The maximum absolute atomic E-state index is 5.47. The molecule has 1 aromatic heterocycles. The fourth-order valence-corrected chi connectivity index (χ4v) is 2.67. The molecule has 0 saturated heterocycles. The molecule has 1 aliphatic rings. The maximum Gasteiger partial charge on any atom is 0.204 e. The highest BCUT2D eigenvalue weighted by Crippen LogP contribution is 2.44. The SMILES string of the molecule is CCCNc1ncnc(NCC2(CC)CCC2)c1OC. The minimum Gasteiger partial charge on any atom is -0.490 e. The summed E-state index contributed by atoms with van der Waals surface area (Å²) in [6.45, 7) is 6.24. The van der Waals surface area contributed by atoms with Crippen molar-refractivity contribution in [2.75, 3.05) is 30.8 Å². The average Bonchev–Trinajstić information content (AvgIpc) is 2.44. The molecule has 0 amide bonds. The van der Waals surface area contributed by atoms with Crippen LogP contribution in [0.1, 0.15) is 46.0 Å². The van der Waals surface area contributed by atoms with E-state index in [0.717, 1.165) is 31.1 Å². The Morgan fingerprint density at radius 2 is 1.90 bits per heavy atom. The maximum atomic E-state index is 5.47. The molecule has 0 atom stereocenters. The van der Waals surface area contributed by atoms with E-state index in [1.807, 2.05) is 0 Å². The topological polar surface area (TPSA) is 59.1 Å². The van der Waals surface area contributed by atoms with Crippen molar-refractivity contribution < 1.29 is 4.74 Å². The van der Waals surface area contributed by atoms with Crippen LogP contribution in [0.25, 0.3) is 0 Å². The van der Waals surface area contributed by atoms with E-state index in [9.17, 15) is 0 Å². The van der Waals surface area contributed by atoms with Gasteiger partial charge in [-0.05, 0) is 31.1 Å². The Morgan fingerprint density at radius 3 is 2.40 bits per heavy atom. The van der Waals surface area contributed by atoms with Crippen LogP contribution >= 0.6 is 0 Å². The van der Waals surface area contributed by atoms with Crippen LogP contribution in [0.5, 0.6) is 5.75 Å². The van der Waals surface area contributed by atoms with E-state index in [0.29, 0.717) is 11.2 Å². The lowest BCUT2D eigenvalue weighted by atomic mass is 9.67. The first kappa shape index (κ1) is 14.9. The highest BCUT2D eigenvalue weighted by Gasteiger charge is 2.35. The number of nitrogens with one attached hydrogen (secondary N) is 2. The van der Waals surface area contributed by atoms with E-state index in [1.54, 1.807) is 13.4 Å². The van der Waals surface area contributed by atoms with Gasteiger partial charge in [0.1, 0.15) is 6.33 Å². The standard InChI is InChI=1S/C15H26N4O/c1-4-9-16-13-12(20-3)14(19-11-18-13)17-10-15(5-2)7-6-8-15/h11H,4-10H2,1-3H3,(H2,16,17,18,19). The van der Waals surface area contributed by atoms with Crippen molar-refractivity contribution in [1.82, 2.24) is 9.97 Å². The fraction of sp³-hybridized carbons (Fsp3) is 0.733. The predicted octanol–water partition coefficient (Wildman–Crippen LogP) is 3.30. The van der Waals surface area contributed by atoms with Crippen LogP contribution in [0.4, 0.5) is 11.6 Å². The number of hydrogen-bond donors (Lipinski definition) is 2. The Bertz CT molecular complexity index is 426. The summed E-state index contributed by atoms with van der Waals surface area (Å²) in [6, 6.07) is 0. The number of ether oxygens (including phenoxy) is 1. The molecule has 20 heavy (non-hydrogen) atoms. The predicted molar refractivity (Wildman–Crippen MR) is 82.4 cm³/mol. The van der Waals surface area contributed by atoms with Crippen LogP contribution in [-0.2, 0) is 0 Å². The fourth-order valence-electron chi connectivity index (χ4n) is 2.67. The molecule has 0 unspecified atom stereocenters. The van der Waals surface area contributed by atoms with E-state index in [-0.39, 0.29) is 0 Å². The zero-order chi connectivity index (χ0) is 14.4. The molecular formula is C15H26N4O. The van der Waals surface area contributed by atoms with E-state index in [2.05, 4.69) is 34.4 Å². The normalized spacial score (nSPS) is 16.4. The number of rotatable bonds is 8. The molecule has 0 spiro atoms. The van der Waals surface area contributed by atoms with Crippen molar-refractivity contribution in [3.05, 3.63) is 6.33 Å². The van der Waals surface area contributed by atoms with Gasteiger partial charge in [-0.2, -0.15) is 0 Å². The Labute approximate surface area is 121 Å². The van der Waals surface area contributed by atoms with Crippen LogP contribution in [0, 0.1) is 5.41 Å². The monoisotopic (exact) mass is 278 g/mol. The van der Waals surface area contributed by atoms with Gasteiger partial charge in [-0.1, -0.05) is 20.3 Å². The first-order valence-corrected chi connectivity index (χ1v) is 7.61. The summed E-state index contributed by atoms with van der Waals surface area (Å²) in [7, 11) is 1.67. The quantitative estimate of drug-likeness (QED) is 0.764. The summed E-state index contributed by atoms with van der Waals surface area (Å²) in [4.78, 5) is 8.59. The first-order valence-electron chi connectivity index (χ1n) is 7.61. The molecule has 1 aromatic rings. The lowest BCUT2D eigenvalue weighted by Gasteiger charge is -2.41. The molecule has 0 aliphatic heterocycles. The molecule has 0 bridgehead atoms. The Morgan fingerprint density at radius 1 is 1.20 bits per heavy atom. The van der Waals surface area contributed by atoms with Gasteiger partial charge in [0.2, 0.25) is 5.75 Å². The number of anilines is 2. The van der Waals surface area contributed by atoms with E-state index in [1.165, 1.54) is 25.7 Å². The van der Waals surface area contributed by atoms with E-state index in [4.69, 9.17) is 4.74 Å². The molecule has 5 nitrogen and oxygen atoms in total. The van der Waals surface area contributed by atoms with E-state index >= 15 is 0 Å². The Hall–Kier alpha value is -1.52. The third-order valence-corrected chi connectivity index (χ3v) is 4.35. The van der Waals surface area contributed by atoms with Crippen molar-refractivity contribution in [3.63, 3.8) is 0 Å². The molecule has 112 valence electrons. The Balaban J connectivity index is 2.06. The number of methoxy groups -OCH3 is 1. The van der Waals surface area contributed by atoms with Gasteiger partial charge >= 0.3 is 0 Å². The van der Waals surface area contributed by atoms with Crippen molar-refractivity contribution in [2.24, 2.45) is 5.41 Å². The largest absolute Gasteiger partial charge is 0.490 e. The molecular weight excluding hydrogens is 252 g/mol. The molecule has 1 fully saturated rings. The molecule has 0 aromatic carbocycles. The van der Waals surface area contributed by atoms with Gasteiger partial charge < -0.3 is 15.4 Å². The van der Waals surface area contributed by atoms with E-state index < -0.39 is 0 Å². The summed E-state index contributed by atoms with van der Waals surface area (Å²) in [6.07, 6.45) is 7.82. The molecule has 1 aliphatic carbocycles. The van der Waals surface area contributed by atoms with Gasteiger partial charge in [-0.25, -0.2) is 9.97 Å². The molecule has 5 heteroatoms. The molecule has 1 saturated carbocycles.